The Hall–Kier alpha value is -1.22. The number of benzene rings is 1. The standard InChI is InChI=1S/C15H19FN4S.HI/c1-3-17-15(19-9-14-11(2)20-10-21-14)18-8-12-4-6-13(16)7-5-12;/h4-7,10H,3,8-9H2,1-2H3,(H2,17,18,19);1H. The van der Waals surface area contributed by atoms with Gasteiger partial charge in [0.15, 0.2) is 5.96 Å². The minimum atomic E-state index is -0.228. The van der Waals surface area contributed by atoms with E-state index >= 15 is 0 Å². The molecule has 0 aliphatic carbocycles. The Balaban J connectivity index is 0.00000242. The molecule has 0 amide bonds. The fourth-order valence-corrected chi connectivity index (χ4v) is 2.48. The largest absolute Gasteiger partial charge is 0.357 e. The zero-order valence-electron chi connectivity index (χ0n) is 12.6. The maximum atomic E-state index is 12.9. The first-order chi connectivity index (χ1) is 10.2. The van der Waals surface area contributed by atoms with Gasteiger partial charge in [-0.3, -0.25) is 0 Å². The molecule has 0 saturated heterocycles. The van der Waals surface area contributed by atoms with Crippen LogP contribution in [0.25, 0.3) is 0 Å². The van der Waals surface area contributed by atoms with Crippen LogP contribution in [0.4, 0.5) is 4.39 Å². The molecule has 2 aromatic rings. The predicted molar refractivity (Wildman–Crippen MR) is 100 cm³/mol. The van der Waals surface area contributed by atoms with Crippen molar-refractivity contribution in [3.05, 3.63) is 51.7 Å². The molecule has 0 unspecified atom stereocenters. The van der Waals surface area contributed by atoms with E-state index in [-0.39, 0.29) is 29.8 Å². The minimum Gasteiger partial charge on any atom is -0.357 e. The lowest BCUT2D eigenvalue weighted by Gasteiger charge is -2.10. The number of aliphatic imine (C=N–C) groups is 1. The van der Waals surface area contributed by atoms with Crippen molar-refractivity contribution in [3.8, 4) is 0 Å². The van der Waals surface area contributed by atoms with Crippen molar-refractivity contribution in [2.45, 2.75) is 26.9 Å². The lowest BCUT2D eigenvalue weighted by molar-refractivity contribution is 0.627. The summed E-state index contributed by atoms with van der Waals surface area (Å²) in [6.45, 7) is 6.02. The maximum Gasteiger partial charge on any atom is 0.191 e. The SMILES string of the molecule is CCNC(=NCc1ccc(F)cc1)NCc1scnc1C.I. The number of hydrogen-bond donors (Lipinski definition) is 2. The van der Waals surface area contributed by atoms with Gasteiger partial charge in [-0.15, -0.1) is 35.3 Å². The highest BCUT2D eigenvalue weighted by atomic mass is 127. The Morgan fingerprint density at radius 1 is 1.27 bits per heavy atom. The van der Waals surface area contributed by atoms with Gasteiger partial charge in [-0.2, -0.15) is 0 Å². The van der Waals surface area contributed by atoms with Crippen molar-refractivity contribution < 1.29 is 4.39 Å². The zero-order valence-corrected chi connectivity index (χ0v) is 15.7. The first kappa shape index (κ1) is 18.8. The van der Waals surface area contributed by atoms with Crippen LogP contribution in [0.1, 0.15) is 23.1 Å². The van der Waals surface area contributed by atoms with Gasteiger partial charge in [0.25, 0.3) is 0 Å². The van der Waals surface area contributed by atoms with Crippen LogP contribution in [0.2, 0.25) is 0 Å². The molecule has 2 rings (SSSR count). The predicted octanol–water partition coefficient (Wildman–Crippen LogP) is 3.46. The number of aryl methyl sites for hydroxylation is 1. The quantitative estimate of drug-likeness (QED) is 0.431. The Kier molecular flexibility index (Phi) is 8.32. The van der Waals surface area contributed by atoms with E-state index in [1.807, 2.05) is 19.4 Å². The van der Waals surface area contributed by atoms with Crippen LogP contribution in [0, 0.1) is 12.7 Å². The second-order valence-corrected chi connectivity index (χ2v) is 5.48. The first-order valence-corrected chi connectivity index (χ1v) is 7.72. The van der Waals surface area contributed by atoms with Gasteiger partial charge in [-0.1, -0.05) is 12.1 Å². The monoisotopic (exact) mass is 434 g/mol. The fourth-order valence-electron chi connectivity index (χ4n) is 1.76. The van der Waals surface area contributed by atoms with E-state index in [4.69, 9.17) is 0 Å². The number of rotatable bonds is 5. The third kappa shape index (κ3) is 5.88. The van der Waals surface area contributed by atoms with Crippen LogP contribution in [0.3, 0.4) is 0 Å². The van der Waals surface area contributed by atoms with E-state index in [1.165, 1.54) is 17.0 Å². The van der Waals surface area contributed by atoms with Crippen molar-refractivity contribution in [2.24, 2.45) is 4.99 Å². The molecule has 120 valence electrons. The van der Waals surface area contributed by atoms with E-state index < -0.39 is 0 Å². The topological polar surface area (TPSA) is 49.3 Å². The van der Waals surface area contributed by atoms with E-state index in [0.29, 0.717) is 13.1 Å². The van der Waals surface area contributed by atoms with Crippen molar-refractivity contribution in [3.63, 3.8) is 0 Å². The number of halogens is 2. The zero-order chi connectivity index (χ0) is 15.1. The molecule has 0 aliphatic heterocycles. The van der Waals surface area contributed by atoms with E-state index in [1.54, 1.807) is 23.5 Å². The van der Waals surface area contributed by atoms with E-state index in [9.17, 15) is 4.39 Å². The Labute approximate surface area is 151 Å². The van der Waals surface area contributed by atoms with Gasteiger partial charge < -0.3 is 10.6 Å². The molecule has 7 heteroatoms. The number of nitrogens with zero attached hydrogens (tertiary/aromatic N) is 2. The van der Waals surface area contributed by atoms with Gasteiger partial charge in [0.05, 0.1) is 24.3 Å². The fraction of sp³-hybridized carbons (Fsp3) is 0.333. The first-order valence-electron chi connectivity index (χ1n) is 6.84. The van der Waals surface area contributed by atoms with Crippen LogP contribution in [0.5, 0.6) is 0 Å². The number of nitrogens with one attached hydrogen (secondary N) is 2. The highest BCUT2D eigenvalue weighted by Crippen LogP contribution is 2.11. The maximum absolute atomic E-state index is 12.9. The molecule has 0 atom stereocenters. The van der Waals surface area contributed by atoms with Crippen LogP contribution < -0.4 is 10.6 Å². The molecule has 0 fully saturated rings. The van der Waals surface area contributed by atoms with Crippen LogP contribution in [0.15, 0.2) is 34.8 Å². The molecule has 0 spiro atoms. The number of aromatic nitrogens is 1. The van der Waals surface area contributed by atoms with Gasteiger partial charge in [0.2, 0.25) is 0 Å². The molecule has 4 nitrogen and oxygen atoms in total. The molecular weight excluding hydrogens is 414 g/mol. The van der Waals surface area contributed by atoms with E-state index in [0.717, 1.165) is 23.8 Å². The summed E-state index contributed by atoms with van der Waals surface area (Å²) in [5, 5.41) is 6.48. The molecule has 2 N–H and O–H groups in total. The summed E-state index contributed by atoms with van der Waals surface area (Å²) in [6.07, 6.45) is 0. The molecule has 0 bridgehead atoms. The second-order valence-electron chi connectivity index (χ2n) is 4.54. The van der Waals surface area contributed by atoms with Crippen molar-refractivity contribution in [1.29, 1.82) is 0 Å². The summed E-state index contributed by atoms with van der Waals surface area (Å²) in [6, 6.07) is 6.39. The molecule has 1 heterocycles. The van der Waals surface area contributed by atoms with Gasteiger partial charge >= 0.3 is 0 Å². The number of hydrogen-bond acceptors (Lipinski definition) is 3. The number of thiazole rings is 1. The van der Waals surface area contributed by atoms with Gasteiger partial charge in [-0.05, 0) is 31.5 Å². The van der Waals surface area contributed by atoms with E-state index in [2.05, 4.69) is 20.6 Å². The highest BCUT2D eigenvalue weighted by Gasteiger charge is 2.03. The molecule has 0 saturated carbocycles. The Morgan fingerprint density at radius 2 is 2.00 bits per heavy atom. The molecule has 0 radical (unpaired) electrons. The van der Waals surface area contributed by atoms with Gasteiger partial charge in [0.1, 0.15) is 5.82 Å². The minimum absolute atomic E-state index is 0. The average molecular weight is 434 g/mol. The lowest BCUT2D eigenvalue weighted by Crippen LogP contribution is -2.36. The molecule has 0 aliphatic rings. The van der Waals surface area contributed by atoms with Crippen LogP contribution >= 0.6 is 35.3 Å². The van der Waals surface area contributed by atoms with Crippen molar-refractivity contribution in [2.75, 3.05) is 6.54 Å². The van der Waals surface area contributed by atoms with Crippen LogP contribution in [-0.2, 0) is 13.1 Å². The molecular formula is C15H20FIN4S. The summed E-state index contributed by atoms with van der Waals surface area (Å²) in [5.41, 5.74) is 3.86. The van der Waals surface area contributed by atoms with Gasteiger partial charge in [-0.25, -0.2) is 14.4 Å². The summed E-state index contributed by atoms with van der Waals surface area (Å²) < 4.78 is 12.9. The molecule has 22 heavy (non-hydrogen) atoms. The Morgan fingerprint density at radius 3 is 2.59 bits per heavy atom. The van der Waals surface area contributed by atoms with Crippen molar-refractivity contribution >= 4 is 41.3 Å². The lowest BCUT2D eigenvalue weighted by atomic mass is 10.2. The van der Waals surface area contributed by atoms with Gasteiger partial charge in [0, 0.05) is 11.4 Å². The summed E-state index contributed by atoms with van der Waals surface area (Å²) in [5.74, 6) is 0.517. The smallest absolute Gasteiger partial charge is 0.191 e. The average Bonchev–Trinajstić information content (AvgIpc) is 2.89. The highest BCUT2D eigenvalue weighted by molar-refractivity contribution is 14.0. The second kappa shape index (κ2) is 9.73. The summed E-state index contributed by atoms with van der Waals surface area (Å²) >= 11 is 1.63. The molecule has 1 aromatic carbocycles. The third-order valence-corrected chi connectivity index (χ3v) is 3.87. The summed E-state index contributed by atoms with van der Waals surface area (Å²) in [4.78, 5) is 9.92. The Bertz CT molecular complexity index is 598. The normalized spacial score (nSPS) is 11.0. The van der Waals surface area contributed by atoms with Crippen molar-refractivity contribution in [1.82, 2.24) is 15.6 Å². The summed E-state index contributed by atoms with van der Waals surface area (Å²) in [7, 11) is 0. The molecule has 1 aromatic heterocycles. The van der Waals surface area contributed by atoms with Crippen LogP contribution in [-0.4, -0.2) is 17.5 Å². The third-order valence-electron chi connectivity index (χ3n) is 2.94. The number of guanidine groups is 1.